The van der Waals surface area contributed by atoms with Gasteiger partial charge in [-0.15, -0.1) is 0 Å². The van der Waals surface area contributed by atoms with Gasteiger partial charge in [0.2, 0.25) is 0 Å². The molecule has 13 heavy (non-hydrogen) atoms. The molecule has 0 aliphatic heterocycles. The van der Waals surface area contributed by atoms with Gasteiger partial charge in [-0.3, -0.25) is 0 Å². The number of rotatable bonds is 8. The van der Waals surface area contributed by atoms with Gasteiger partial charge in [0.05, 0.1) is 0 Å². The van der Waals surface area contributed by atoms with Crippen molar-refractivity contribution < 1.29 is 12.4 Å². The van der Waals surface area contributed by atoms with Crippen LogP contribution in [0, 0.1) is 0 Å². The van der Waals surface area contributed by atoms with Crippen molar-refractivity contribution in [3.63, 3.8) is 0 Å². The second kappa shape index (κ2) is 13.1. The SMILES string of the molecule is CCC[CH2][Sn+]([CH2]CC)[CH2]CCC.[Cl-]. The first kappa shape index (κ1) is 16.5. The summed E-state index contributed by atoms with van der Waals surface area (Å²) < 4.78 is 5.00. The van der Waals surface area contributed by atoms with E-state index in [0.29, 0.717) is 0 Å². The van der Waals surface area contributed by atoms with Gasteiger partial charge in [0.25, 0.3) is 0 Å². The van der Waals surface area contributed by atoms with Gasteiger partial charge in [-0.05, 0) is 0 Å². The van der Waals surface area contributed by atoms with E-state index >= 15 is 0 Å². The summed E-state index contributed by atoms with van der Waals surface area (Å²) in [7, 11) is 0. The second-order valence-electron chi connectivity index (χ2n) is 3.71. The molecule has 0 radical (unpaired) electrons. The van der Waals surface area contributed by atoms with Crippen LogP contribution < -0.4 is 12.4 Å². The Bertz CT molecular complexity index is 78.2. The van der Waals surface area contributed by atoms with E-state index in [2.05, 4.69) is 20.8 Å². The van der Waals surface area contributed by atoms with Crippen molar-refractivity contribution in [3.8, 4) is 0 Å². The van der Waals surface area contributed by atoms with Crippen molar-refractivity contribution in [1.82, 2.24) is 0 Å². The minimum absolute atomic E-state index is 0. The summed E-state index contributed by atoms with van der Waals surface area (Å²) in [6.07, 6.45) is 7.35. The van der Waals surface area contributed by atoms with Gasteiger partial charge >= 0.3 is 85.9 Å². The molecule has 80 valence electrons. The van der Waals surface area contributed by atoms with Crippen LogP contribution in [0.5, 0.6) is 0 Å². The van der Waals surface area contributed by atoms with Crippen molar-refractivity contribution in [2.45, 2.75) is 66.2 Å². The van der Waals surface area contributed by atoms with Crippen LogP contribution in [0.4, 0.5) is 0 Å². The number of hydrogen-bond donors (Lipinski definition) is 0. The van der Waals surface area contributed by atoms with Crippen LogP contribution in [0.1, 0.15) is 52.9 Å². The van der Waals surface area contributed by atoms with Gasteiger partial charge in [-0.1, -0.05) is 0 Å². The maximum Gasteiger partial charge on any atom is -1.00 e. The molecule has 0 aromatic rings. The first-order valence-electron chi connectivity index (χ1n) is 5.68. The van der Waals surface area contributed by atoms with Crippen LogP contribution in [-0.2, 0) is 0 Å². The average Bonchev–Trinajstić information content (AvgIpc) is 2.10. The molecule has 0 aliphatic rings. The predicted molar refractivity (Wildman–Crippen MR) is 60.3 cm³/mol. The molecule has 0 aliphatic carbocycles. The van der Waals surface area contributed by atoms with E-state index in [9.17, 15) is 0 Å². The molecule has 0 fully saturated rings. The van der Waals surface area contributed by atoms with Crippen molar-refractivity contribution in [1.29, 1.82) is 0 Å². The third kappa shape index (κ3) is 11.0. The third-order valence-corrected chi connectivity index (χ3v) is 11.9. The first-order chi connectivity index (χ1) is 5.85. The Morgan fingerprint density at radius 1 is 0.692 bits per heavy atom. The monoisotopic (exact) mass is 312 g/mol. The first-order valence-corrected chi connectivity index (χ1v) is 11.7. The third-order valence-electron chi connectivity index (χ3n) is 2.37. The van der Waals surface area contributed by atoms with E-state index in [1.165, 1.54) is 32.1 Å². The molecule has 0 saturated heterocycles. The molecule has 0 nitrogen and oxygen atoms in total. The molecule has 0 unspecified atom stereocenters. The van der Waals surface area contributed by atoms with Gasteiger partial charge in [0.1, 0.15) is 0 Å². The molecule has 2 heteroatoms. The molecular weight excluding hydrogens is 286 g/mol. The van der Waals surface area contributed by atoms with Gasteiger partial charge < -0.3 is 12.4 Å². The molecule has 0 bridgehead atoms. The normalized spacial score (nSPS) is 9.46. The molecule has 0 aromatic carbocycles. The van der Waals surface area contributed by atoms with Gasteiger partial charge in [-0.25, -0.2) is 0 Å². The average molecular weight is 311 g/mol. The molecule has 0 heterocycles. The fraction of sp³-hybridized carbons (Fsp3) is 1.00. The van der Waals surface area contributed by atoms with Crippen LogP contribution >= 0.6 is 0 Å². The Kier molecular flexibility index (Phi) is 16.6. The molecule has 0 amide bonds. The Balaban J connectivity index is 0. The van der Waals surface area contributed by atoms with Crippen LogP contribution in [0.3, 0.4) is 0 Å². The van der Waals surface area contributed by atoms with Gasteiger partial charge in [0, 0.05) is 0 Å². The van der Waals surface area contributed by atoms with Crippen molar-refractivity contribution in [3.05, 3.63) is 0 Å². The molecule has 0 N–H and O–H groups in total. The van der Waals surface area contributed by atoms with Crippen LogP contribution in [-0.4, -0.2) is 19.8 Å². The molecule has 0 spiro atoms. The van der Waals surface area contributed by atoms with Crippen molar-refractivity contribution >= 4 is 19.8 Å². The summed E-state index contributed by atoms with van der Waals surface area (Å²) in [5, 5.41) is 0. The zero-order chi connectivity index (χ0) is 9.23. The van der Waals surface area contributed by atoms with E-state index in [-0.39, 0.29) is 12.4 Å². The molecule has 0 saturated carbocycles. The maximum absolute atomic E-state index is 2.36. The summed E-state index contributed by atoms with van der Waals surface area (Å²) in [5.41, 5.74) is 0. The summed E-state index contributed by atoms with van der Waals surface area (Å²) in [6.45, 7) is 7.01. The zero-order valence-electron chi connectivity index (χ0n) is 9.53. The molecule has 0 rings (SSSR count). The largest absolute Gasteiger partial charge is 1.00 e. The predicted octanol–water partition coefficient (Wildman–Crippen LogP) is 1.50. The topological polar surface area (TPSA) is 0 Å². The molecule has 0 aromatic heterocycles. The molecular formula is C11H25ClSn. The second-order valence-corrected chi connectivity index (χ2v) is 12.3. The number of halogens is 1. The molecule has 0 atom stereocenters. The van der Waals surface area contributed by atoms with E-state index < -0.39 is 19.8 Å². The van der Waals surface area contributed by atoms with E-state index in [1.54, 1.807) is 13.3 Å². The summed E-state index contributed by atoms with van der Waals surface area (Å²) in [6, 6.07) is 0. The number of hydrogen-bond acceptors (Lipinski definition) is 0. The fourth-order valence-corrected chi connectivity index (χ4v) is 10.6. The van der Waals surface area contributed by atoms with Crippen molar-refractivity contribution in [2.24, 2.45) is 0 Å². The minimum atomic E-state index is -0.812. The Morgan fingerprint density at radius 3 is 1.46 bits per heavy atom. The van der Waals surface area contributed by atoms with Crippen LogP contribution in [0.2, 0.25) is 13.3 Å². The van der Waals surface area contributed by atoms with Crippen LogP contribution in [0.15, 0.2) is 0 Å². The van der Waals surface area contributed by atoms with E-state index in [1.807, 2.05) is 0 Å². The van der Waals surface area contributed by atoms with E-state index in [0.717, 1.165) is 0 Å². The quantitative estimate of drug-likeness (QED) is 0.596. The number of unbranched alkanes of at least 4 members (excludes halogenated alkanes) is 2. The summed E-state index contributed by atoms with van der Waals surface area (Å²) in [4.78, 5) is 0. The summed E-state index contributed by atoms with van der Waals surface area (Å²) >= 11 is -0.812. The Hall–Kier alpha value is 1.09. The minimum Gasteiger partial charge on any atom is -1.00 e. The van der Waals surface area contributed by atoms with Crippen molar-refractivity contribution in [2.75, 3.05) is 0 Å². The smallest absolute Gasteiger partial charge is 1.00 e. The maximum atomic E-state index is 2.36. The van der Waals surface area contributed by atoms with Gasteiger partial charge in [-0.2, -0.15) is 0 Å². The Labute approximate surface area is 98.0 Å². The standard InChI is InChI=1S/2C4H9.C3H7.ClH.Sn/c2*1-3-4-2;1-3-2;;/h2*1,3-4H2,2H3;1,3H2,2H3;1H;/q;;;;+1/p-1. The van der Waals surface area contributed by atoms with Gasteiger partial charge in [0.15, 0.2) is 0 Å². The fourth-order valence-electron chi connectivity index (χ4n) is 1.58. The van der Waals surface area contributed by atoms with E-state index in [4.69, 9.17) is 0 Å². The zero-order valence-corrected chi connectivity index (χ0v) is 13.1. The summed E-state index contributed by atoms with van der Waals surface area (Å²) in [5.74, 6) is 0. The van der Waals surface area contributed by atoms with Crippen LogP contribution in [0.25, 0.3) is 0 Å². The Morgan fingerprint density at radius 2 is 1.15 bits per heavy atom.